The fourth-order valence-corrected chi connectivity index (χ4v) is 2.70. The van der Waals surface area contributed by atoms with Crippen LogP contribution in [0.5, 0.6) is 17.4 Å². The van der Waals surface area contributed by atoms with E-state index in [1.54, 1.807) is 7.11 Å². The molecule has 0 aliphatic carbocycles. The number of rotatable bonds is 4. The van der Waals surface area contributed by atoms with Gasteiger partial charge in [0.05, 0.1) is 12.8 Å². The number of hydrogen-bond acceptors (Lipinski definition) is 3. The molecule has 0 atom stereocenters. The van der Waals surface area contributed by atoms with Crippen molar-refractivity contribution in [1.29, 1.82) is 0 Å². The predicted octanol–water partition coefficient (Wildman–Crippen LogP) is 4.34. The number of methoxy groups -OCH3 is 1. The molecule has 0 amide bonds. The van der Waals surface area contributed by atoms with Crippen LogP contribution < -0.4 is 9.47 Å². The highest BCUT2D eigenvalue weighted by molar-refractivity contribution is 9.08. The number of aromatic nitrogens is 2. The lowest BCUT2D eigenvalue weighted by Crippen LogP contribution is -1.94. The Labute approximate surface area is 131 Å². The highest BCUT2D eigenvalue weighted by Crippen LogP contribution is 2.34. The SMILES string of the molecule is COc1cc(C)ccc1Oc1nc2ccccn2c1CBr. The van der Waals surface area contributed by atoms with E-state index >= 15 is 0 Å². The van der Waals surface area contributed by atoms with Gasteiger partial charge in [0.1, 0.15) is 5.65 Å². The van der Waals surface area contributed by atoms with Crippen molar-refractivity contribution in [3.63, 3.8) is 0 Å². The number of alkyl halides is 1. The van der Waals surface area contributed by atoms with E-state index in [1.807, 2.05) is 53.9 Å². The van der Waals surface area contributed by atoms with Gasteiger partial charge in [-0.2, -0.15) is 4.98 Å². The van der Waals surface area contributed by atoms with Crippen molar-refractivity contribution in [3.8, 4) is 17.4 Å². The van der Waals surface area contributed by atoms with Crippen molar-refractivity contribution in [2.75, 3.05) is 7.11 Å². The molecule has 1 aromatic carbocycles. The van der Waals surface area contributed by atoms with E-state index in [-0.39, 0.29) is 0 Å². The average molecular weight is 347 g/mol. The lowest BCUT2D eigenvalue weighted by molar-refractivity contribution is 0.373. The van der Waals surface area contributed by atoms with Crippen molar-refractivity contribution < 1.29 is 9.47 Å². The van der Waals surface area contributed by atoms with Gasteiger partial charge in [0.2, 0.25) is 5.88 Å². The Bertz CT molecular complexity index is 783. The van der Waals surface area contributed by atoms with Gasteiger partial charge >= 0.3 is 0 Å². The third-order valence-corrected chi connectivity index (χ3v) is 3.78. The molecule has 4 nitrogen and oxygen atoms in total. The summed E-state index contributed by atoms with van der Waals surface area (Å²) >= 11 is 3.50. The standard InChI is InChI=1S/C16H15BrN2O2/c1-11-6-7-13(14(9-11)20-2)21-16-12(10-17)19-8-4-3-5-15(19)18-16/h3-9H,10H2,1-2H3. The predicted molar refractivity (Wildman–Crippen MR) is 85.6 cm³/mol. The Hall–Kier alpha value is -2.01. The van der Waals surface area contributed by atoms with Crippen LogP contribution in [-0.4, -0.2) is 16.5 Å². The summed E-state index contributed by atoms with van der Waals surface area (Å²) in [5, 5.41) is 0.654. The number of benzene rings is 1. The van der Waals surface area contributed by atoms with Crippen LogP contribution in [-0.2, 0) is 5.33 Å². The molecule has 3 aromatic rings. The molecule has 0 aliphatic heterocycles. The molecule has 0 unspecified atom stereocenters. The smallest absolute Gasteiger partial charge is 0.242 e. The fraction of sp³-hybridized carbons (Fsp3) is 0.188. The van der Waals surface area contributed by atoms with Gasteiger partial charge in [-0.05, 0) is 36.8 Å². The van der Waals surface area contributed by atoms with Crippen LogP contribution in [0.15, 0.2) is 42.6 Å². The van der Waals surface area contributed by atoms with E-state index in [1.165, 1.54) is 0 Å². The minimum absolute atomic E-state index is 0.584. The first-order chi connectivity index (χ1) is 10.2. The second kappa shape index (κ2) is 5.77. The van der Waals surface area contributed by atoms with Gasteiger partial charge in [-0.15, -0.1) is 0 Å². The number of ether oxygens (including phenoxy) is 2. The van der Waals surface area contributed by atoms with E-state index in [9.17, 15) is 0 Å². The zero-order valence-corrected chi connectivity index (χ0v) is 13.4. The number of hydrogen-bond donors (Lipinski definition) is 0. The number of aryl methyl sites for hydroxylation is 1. The maximum Gasteiger partial charge on any atom is 0.242 e. The number of nitrogens with zero attached hydrogens (tertiary/aromatic N) is 2. The Balaban J connectivity index is 2.06. The fourth-order valence-electron chi connectivity index (χ4n) is 2.19. The molecular weight excluding hydrogens is 332 g/mol. The lowest BCUT2D eigenvalue weighted by Gasteiger charge is -2.10. The molecule has 108 valence electrons. The lowest BCUT2D eigenvalue weighted by atomic mass is 10.2. The summed E-state index contributed by atoms with van der Waals surface area (Å²) in [6.07, 6.45) is 1.97. The number of halogens is 1. The molecule has 0 saturated carbocycles. The largest absolute Gasteiger partial charge is 0.493 e. The van der Waals surface area contributed by atoms with Crippen LogP contribution in [0.25, 0.3) is 5.65 Å². The first-order valence-electron chi connectivity index (χ1n) is 6.57. The summed E-state index contributed by atoms with van der Waals surface area (Å²) in [5.74, 6) is 1.95. The molecule has 0 N–H and O–H groups in total. The summed E-state index contributed by atoms with van der Waals surface area (Å²) in [4.78, 5) is 4.53. The van der Waals surface area contributed by atoms with Crippen LogP contribution in [0, 0.1) is 6.92 Å². The molecule has 21 heavy (non-hydrogen) atoms. The van der Waals surface area contributed by atoms with E-state index in [4.69, 9.17) is 9.47 Å². The molecule has 3 rings (SSSR count). The zero-order valence-electron chi connectivity index (χ0n) is 11.8. The first-order valence-corrected chi connectivity index (χ1v) is 7.69. The van der Waals surface area contributed by atoms with Gasteiger partial charge in [-0.1, -0.05) is 28.1 Å². The number of pyridine rings is 1. The van der Waals surface area contributed by atoms with Gasteiger partial charge < -0.3 is 9.47 Å². The summed E-state index contributed by atoms with van der Waals surface area (Å²) in [6.45, 7) is 2.02. The van der Waals surface area contributed by atoms with Crippen LogP contribution in [0.3, 0.4) is 0 Å². The third-order valence-electron chi connectivity index (χ3n) is 3.24. The average Bonchev–Trinajstić information content (AvgIpc) is 2.86. The molecule has 2 aromatic heterocycles. The maximum atomic E-state index is 5.98. The van der Waals surface area contributed by atoms with Crippen molar-refractivity contribution in [2.24, 2.45) is 0 Å². The second-order valence-electron chi connectivity index (χ2n) is 4.68. The normalized spacial score (nSPS) is 10.8. The Morgan fingerprint density at radius 2 is 2.05 bits per heavy atom. The van der Waals surface area contributed by atoms with E-state index < -0.39 is 0 Å². The van der Waals surface area contributed by atoms with Gasteiger partial charge in [-0.25, -0.2) is 0 Å². The zero-order chi connectivity index (χ0) is 14.8. The molecule has 0 spiro atoms. The minimum atomic E-state index is 0.584. The Morgan fingerprint density at radius 1 is 1.19 bits per heavy atom. The Morgan fingerprint density at radius 3 is 2.81 bits per heavy atom. The molecule has 0 radical (unpaired) electrons. The summed E-state index contributed by atoms with van der Waals surface area (Å²) in [6, 6.07) is 11.7. The van der Waals surface area contributed by atoms with Gasteiger partial charge in [0, 0.05) is 11.5 Å². The summed E-state index contributed by atoms with van der Waals surface area (Å²) in [7, 11) is 1.64. The minimum Gasteiger partial charge on any atom is -0.493 e. The topological polar surface area (TPSA) is 35.8 Å². The third kappa shape index (κ3) is 2.61. The van der Waals surface area contributed by atoms with Crippen molar-refractivity contribution in [1.82, 2.24) is 9.38 Å². The van der Waals surface area contributed by atoms with Crippen LogP contribution in [0.2, 0.25) is 0 Å². The van der Waals surface area contributed by atoms with Gasteiger partial charge in [0.15, 0.2) is 11.5 Å². The van der Waals surface area contributed by atoms with E-state index in [0.717, 1.165) is 16.9 Å². The number of fused-ring (bicyclic) bond motifs is 1. The highest BCUT2D eigenvalue weighted by atomic mass is 79.9. The molecule has 0 bridgehead atoms. The molecular formula is C16H15BrN2O2. The summed E-state index contributed by atoms with van der Waals surface area (Å²) < 4.78 is 13.4. The maximum absolute atomic E-state index is 5.98. The first kappa shape index (κ1) is 13.9. The quantitative estimate of drug-likeness (QED) is 0.659. The Kier molecular flexibility index (Phi) is 3.84. The van der Waals surface area contributed by atoms with Gasteiger partial charge in [0.25, 0.3) is 0 Å². The molecule has 5 heteroatoms. The van der Waals surface area contributed by atoms with Crippen molar-refractivity contribution >= 4 is 21.6 Å². The van der Waals surface area contributed by atoms with Gasteiger partial charge in [-0.3, -0.25) is 4.40 Å². The second-order valence-corrected chi connectivity index (χ2v) is 5.24. The highest BCUT2D eigenvalue weighted by Gasteiger charge is 2.15. The van der Waals surface area contributed by atoms with Crippen LogP contribution >= 0.6 is 15.9 Å². The summed E-state index contributed by atoms with van der Waals surface area (Å²) in [5.41, 5.74) is 2.94. The molecule has 0 saturated heterocycles. The van der Waals surface area contributed by atoms with Crippen LogP contribution in [0.4, 0.5) is 0 Å². The monoisotopic (exact) mass is 346 g/mol. The van der Waals surface area contributed by atoms with Crippen molar-refractivity contribution in [3.05, 3.63) is 53.9 Å². The number of imidazole rings is 1. The molecule has 0 aliphatic rings. The van der Waals surface area contributed by atoms with Crippen LogP contribution in [0.1, 0.15) is 11.3 Å². The van der Waals surface area contributed by atoms with Crippen molar-refractivity contribution in [2.45, 2.75) is 12.3 Å². The molecule has 2 heterocycles. The van der Waals surface area contributed by atoms with E-state index in [2.05, 4.69) is 20.9 Å². The van der Waals surface area contributed by atoms with E-state index in [0.29, 0.717) is 22.7 Å². The molecule has 0 fully saturated rings.